The first-order chi connectivity index (χ1) is 15.3. The molecule has 0 radical (unpaired) electrons. The van der Waals surface area contributed by atoms with Crippen LogP contribution < -0.4 is 10.0 Å². The Morgan fingerprint density at radius 2 is 1.59 bits per heavy atom. The van der Waals surface area contributed by atoms with Crippen molar-refractivity contribution in [2.24, 2.45) is 11.8 Å². The molecule has 1 aliphatic heterocycles. The molecule has 1 saturated heterocycles. The summed E-state index contributed by atoms with van der Waals surface area (Å²) in [7, 11) is -3.87. The lowest BCUT2D eigenvalue weighted by Crippen LogP contribution is -2.34. The second kappa shape index (κ2) is 9.03. The minimum Gasteiger partial charge on any atom is -0.326 e. The van der Waals surface area contributed by atoms with Gasteiger partial charge in [-0.15, -0.1) is 0 Å². The third-order valence-corrected chi connectivity index (χ3v) is 7.08. The number of benzene rings is 1. The molecule has 32 heavy (non-hydrogen) atoms. The van der Waals surface area contributed by atoms with Gasteiger partial charge in [-0.2, -0.15) is 0 Å². The number of carbonyl (C=O) groups is 3. The highest BCUT2D eigenvalue weighted by Crippen LogP contribution is 2.38. The first-order valence-corrected chi connectivity index (χ1v) is 11.9. The van der Waals surface area contributed by atoms with Gasteiger partial charge in [0.05, 0.1) is 16.7 Å². The van der Waals surface area contributed by atoms with E-state index < -0.39 is 10.0 Å². The quantitative estimate of drug-likeness (QED) is 0.604. The molecule has 1 aromatic carbocycles. The molecule has 1 aliphatic carbocycles. The summed E-state index contributed by atoms with van der Waals surface area (Å²) in [6.07, 6.45) is 6.18. The van der Waals surface area contributed by atoms with Crippen LogP contribution in [-0.4, -0.2) is 47.6 Å². The maximum absolute atomic E-state index is 12.5. The minimum absolute atomic E-state index is 0.0150. The van der Waals surface area contributed by atoms with Crippen molar-refractivity contribution < 1.29 is 22.8 Å². The number of amides is 3. The fraction of sp³-hybridized carbons (Fsp3) is 0.381. The molecule has 2 atom stereocenters. The van der Waals surface area contributed by atoms with E-state index in [0.717, 1.165) is 25.7 Å². The number of likely N-dealkylation sites (tertiary alicyclic amines) is 1. The number of rotatable bonds is 7. The summed E-state index contributed by atoms with van der Waals surface area (Å²) in [6, 6.07) is 7.17. The van der Waals surface area contributed by atoms with E-state index in [2.05, 4.69) is 20.0 Å². The molecule has 3 amide bonds. The highest BCUT2D eigenvalue weighted by atomic mass is 32.2. The van der Waals surface area contributed by atoms with E-state index >= 15 is 0 Å². The maximum Gasteiger partial charge on any atom is 0.264 e. The van der Waals surface area contributed by atoms with E-state index in [1.165, 1.54) is 41.6 Å². The predicted octanol–water partition coefficient (Wildman–Crippen LogP) is 1.78. The van der Waals surface area contributed by atoms with E-state index in [4.69, 9.17) is 0 Å². The van der Waals surface area contributed by atoms with Gasteiger partial charge in [0.2, 0.25) is 23.7 Å². The van der Waals surface area contributed by atoms with Crippen LogP contribution in [0, 0.1) is 11.8 Å². The lowest BCUT2D eigenvalue weighted by molar-refractivity contribution is -0.140. The van der Waals surface area contributed by atoms with Crippen LogP contribution >= 0.6 is 0 Å². The molecular formula is C21H23N5O5S. The van der Waals surface area contributed by atoms with Crippen molar-refractivity contribution in [2.45, 2.75) is 37.0 Å². The molecule has 2 unspecified atom stereocenters. The lowest BCUT2D eigenvalue weighted by atomic mass is 9.81. The van der Waals surface area contributed by atoms with Crippen molar-refractivity contribution in [1.82, 2.24) is 14.9 Å². The standard InChI is InChI=1S/C21H23N5O5S/c27-18(10-13-26-19(28)16-4-1-2-5-17(16)20(26)29)24-14-6-8-15(9-7-14)32(30,31)25-21-22-11-3-12-23-21/h3,6-9,11-12,16-17H,1-2,4-5,10,13H2,(H,24,27)(H,22,23,25). The smallest absolute Gasteiger partial charge is 0.264 e. The highest BCUT2D eigenvalue weighted by molar-refractivity contribution is 7.92. The number of carbonyl (C=O) groups excluding carboxylic acids is 3. The zero-order valence-corrected chi connectivity index (χ0v) is 18.0. The van der Waals surface area contributed by atoms with Crippen LogP contribution in [0.4, 0.5) is 11.6 Å². The fourth-order valence-electron chi connectivity index (χ4n) is 4.14. The summed E-state index contributed by atoms with van der Waals surface area (Å²) in [4.78, 5) is 46.1. The van der Waals surface area contributed by atoms with Gasteiger partial charge in [-0.3, -0.25) is 19.3 Å². The summed E-state index contributed by atoms with van der Waals surface area (Å²) in [5.74, 6) is -1.22. The van der Waals surface area contributed by atoms with Crippen molar-refractivity contribution in [2.75, 3.05) is 16.6 Å². The Hall–Kier alpha value is -3.34. The Morgan fingerprint density at radius 1 is 1.00 bits per heavy atom. The first kappa shape index (κ1) is 21.9. The SMILES string of the molecule is O=C(CCN1C(=O)C2CCCCC2C1=O)Nc1ccc(S(=O)(=O)Nc2ncccn2)cc1. The van der Waals surface area contributed by atoms with Gasteiger partial charge in [0.25, 0.3) is 10.0 Å². The molecule has 10 nitrogen and oxygen atoms in total. The third kappa shape index (κ3) is 4.62. The van der Waals surface area contributed by atoms with Gasteiger partial charge < -0.3 is 5.32 Å². The average molecular weight is 458 g/mol. The molecule has 0 spiro atoms. The fourth-order valence-corrected chi connectivity index (χ4v) is 5.09. The number of sulfonamides is 1. The molecule has 1 saturated carbocycles. The Morgan fingerprint density at radius 3 is 2.19 bits per heavy atom. The number of fused-ring (bicyclic) bond motifs is 1. The van der Waals surface area contributed by atoms with Crippen molar-refractivity contribution in [3.05, 3.63) is 42.7 Å². The first-order valence-electron chi connectivity index (χ1n) is 10.4. The monoisotopic (exact) mass is 457 g/mol. The lowest BCUT2D eigenvalue weighted by Gasteiger charge is -2.19. The van der Waals surface area contributed by atoms with E-state index in [0.29, 0.717) is 5.69 Å². The molecular weight excluding hydrogens is 434 g/mol. The molecule has 4 rings (SSSR count). The maximum atomic E-state index is 12.5. The zero-order valence-electron chi connectivity index (χ0n) is 17.2. The third-order valence-electron chi connectivity index (χ3n) is 5.73. The van der Waals surface area contributed by atoms with Crippen LogP contribution in [0.3, 0.4) is 0 Å². The molecule has 2 aromatic rings. The minimum atomic E-state index is -3.87. The van der Waals surface area contributed by atoms with Crippen molar-refractivity contribution in [3.63, 3.8) is 0 Å². The topological polar surface area (TPSA) is 138 Å². The summed E-state index contributed by atoms with van der Waals surface area (Å²) >= 11 is 0. The molecule has 2 fully saturated rings. The molecule has 168 valence electrons. The van der Waals surface area contributed by atoms with E-state index in [-0.39, 0.29) is 53.4 Å². The number of anilines is 2. The van der Waals surface area contributed by atoms with Gasteiger partial charge >= 0.3 is 0 Å². The Labute approximate surface area is 185 Å². The van der Waals surface area contributed by atoms with Gasteiger partial charge in [-0.05, 0) is 43.2 Å². The van der Waals surface area contributed by atoms with Gasteiger partial charge in [0, 0.05) is 31.0 Å². The molecule has 2 aliphatic rings. The van der Waals surface area contributed by atoms with E-state index in [9.17, 15) is 22.8 Å². The van der Waals surface area contributed by atoms with Crippen molar-refractivity contribution >= 4 is 39.4 Å². The molecule has 2 N–H and O–H groups in total. The number of imide groups is 1. The molecule has 2 heterocycles. The van der Waals surface area contributed by atoms with Gasteiger partial charge in [-0.1, -0.05) is 12.8 Å². The second-order valence-corrected chi connectivity index (χ2v) is 9.51. The number of hydrogen-bond donors (Lipinski definition) is 2. The van der Waals surface area contributed by atoms with Gasteiger partial charge in [0.1, 0.15) is 0 Å². The number of nitrogens with one attached hydrogen (secondary N) is 2. The second-order valence-electron chi connectivity index (χ2n) is 7.83. The highest BCUT2D eigenvalue weighted by Gasteiger charge is 2.47. The Kier molecular flexibility index (Phi) is 6.17. The number of aromatic nitrogens is 2. The Balaban J connectivity index is 1.32. The summed E-state index contributed by atoms with van der Waals surface area (Å²) in [5, 5.41) is 2.66. The van der Waals surface area contributed by atoms with Crippen LogP contribution in [0.5, 0.6) is 0 Å². The Bertz CT molecular complexity index is 1100. The van der Waals surface area contributed by atoms with E-state index in [1.54, 1.807) is 6.07 Å². The van der Waals surface area contributed by atoms with Crippen LogP contribution in [0.25, 0.3) is 0 Å². The summed E-state index contributed by atoms with van der Waals surface area (Å²) in [5.41, 5.74) is 0.401. The summed E-state index contributed by atoms with van der Waals surface area (Å²) < 4.78 is 27.1. The van der Waals surface area contributed by atoms with Crippen LogP contribution in [0.15, 0.2) is 47.6 Å². The molecule has 1 aromatic heterocycles. The summed E-state index contributed by atoms with van der Waals surface area (Å²) in [6.45, 7) is 0.0456. The van der Waals surface area contributed by atoms with E-state index in [1.807, 2.05) is 0 Å². The van der Waals surface area contributed by atoms with Crippen LogP contribution in [-0.2, 0) is 24.4 Å². The van der Waals surface area contributed by atoms with Crippen molar-refractivity contribution in [3.8, 4) is 0 Å². The molecule has 11 heteroatoms. The number of nitrogens with zero attached hydrogens (tertiary/aromatic N) is 3. The van der Waals surface area contributed by atoms with Crippen LogP contribution in [0.2, 0.25) is 0 Å². The zero-order chi connectivity index (χ0) is 22.7. The average Bonchev–Trinajstić information content (AvgIpc) is 3.03. The normalized spacial score (nSPS) is 20.7. The predicted molar refractivity (Wildman–Crippen MR) is 115 cm³/mol. The van der Waals surface area contributed by atoms with Gasteiger partial charge in [0.15, 0.2) is 0 Å². The number of hydrogen-bond acceptors (Lipinski definition) is 7. The largest absolute Gasteiger partial charge is 0.326 e. The molecule has 0 bridgehead atoms. The van der Waals surface area contributed by atoms with Crippen molar-refractivity contribution in [1.29, 1.82) is 0 Å². The van der Waals surface area contributed by atoms with Gasteiger partial charge in [-0.25, -0.2) is 23.1 Å². The van der Waals surface area contributed by atoms with Crippen LogP contribution in [0.1, 0.15) is 32.1 Å².